The summed E-state index contributed by atoms with van der Waals surface area (Å²) < 4.78 is 0. The molecule has 0 heterocycles. The highest BCUT2D eigenvalue weighted by molar-refractivity contribution is 4.97. The van der Waals surface area contributed by atoms with Crippen molar-refractivity contribution < 1.29 is 0 Å². The standard InChI is InChI=1S/C23H40/c1-3-5-7-9-11-21-14-18-23(19-15-21)22-16-12-20(13-17-22)10-8-6-4-2/h3,5,7,20-23H,1,4,6,8-19H2,2H3. The molecule has 0 aliphatic heterocycles. The van der Waals surface area contributed by atoms with Crippen LogP contribution < -0.4 is 0 Å². The number of rotatable bonds is 9. The topological polar surface area (TPSA) is 0 Å². The smallest absolute Gasteiger partial charge is 0.0345 e. The van der Waals surface area contributed by atoms with Crippen molar-refractivity contribution in [1.82, 2.24) is 0 Å². The Hall–Kier alpha value is -0.520. The molecule has 0 atom stereocenters. The van der Waals surface area contributed by atoms with Gasteiger partial charge in [-0.25, -0.2) is 0 Å². The number of hydrogen-bond acceptors (Lipinski definition) is 0. The molecule has 0 aromatic carbocycles. The average Bonchev–Trinajstić information content (AvgIpc) is 2.60. The Kier molecular flexibility index (Phi) is 9.09. The van der Waals surface area contributed by atoms with E-state index in [0.29, 0.717) is 0 Å². The van der Waals surface area contributed by atoms with Gasteiger partial charge in [-0.05, 0) is 62.2 Å². The van der Waals surface area contributed by atoms with E-state index in [1.807, 2.05) is 6.08 Å². The van der Waals surface area contributed by atoms with E-state index in [4.69, 9.17) is 0 Å². The first kappa shape index (κ1) is 18.8. The van der Waals surface area contributed by atoms with E-state index in [1.54, 1.807) is 25.7 Å². The fourth-order valence-corrected chi connectivity index (χ4v) is 5.10. The van der Waals surface area contributed by atoms with Crippen LogP contribution in [-0.4, -0.2) is 0 Å². The Morgan fingerprint density at radius 1 is 0.783 bits per heavy atom. The fraction of sp³-hybridized carbons (Fsp3) is 0.826. The zero-order chi connectivity index (χ0) is 16.3. The molecule has 0 bridgehead atoms. The fourth-order valence-electron chi connectivity index (χ4n) is 5.10. The van der Waals surface area contributed by atoms with Crippen molar-refractivity contribution in [2.75, 3.05) is 0 Å². The summed E-state index contributed by atoms with van der Waals surface area (Å²) in [6, 6.07) is 0. The lowest BCUT2D eigenvalue weighted by Crippen LogP contribution is -2.25. The molecule has 0 aromatic heterocycles. The molecular formula is C23H40. The van der Waals surface area contributed by atoms with Crippen molar-refractivity contribution in [2.45, 2.75) is 96.8 Å². The van der Waals surface area contributed by atoms with Gasteiger partial charge in [0.05, 0.1) is 0 Å². The van der Waals surface area contributed by atoms with Crippen molar-refractivity contribution in [2.24, 2.45) is 23.7 Å². The minimum atomic E-state index is 1.01. The van der Waals surface area contributed by atoms with E-state index in [-0.39, 0.29) is 0 Å². The van der Waals surface area contributed by atoms with Crippen molar-refractivity contribution in [3.05, 3.63) is 24.8 Å². The monoisotopic (exact) mass is 316 g/mol. The maximum atomic E-state index is 3.75. The molecule has 0 spiro atoms. The highest BCUT2D eigenvalue weighted by Gasteiger charge is 2.30. The maximum Gasteiger partial charge on any atom is -0.0345 e. The molecule has 0 nitrogen and oxygen atoms in total. The summed E-state index contributed by atoms with van der Waals surface area (Å²) in [6.45, 7) is 6.07. The number of unbranched alkanes of at least 4 members (excludes halogenated alkanes) is 2. The highest BCUT2D eigenvalue weighted by atomic mass is 14.4. The average molecular weight is 317 g/mol. The lowest BCUT2D eigenvalue weighted by Gasteiger charge is -2.38. The van der Waals surface area contributed by atoms with Gasteiger partial charge in [-0.3, -0.25) is 0 Å². The molecule has 2 aliphatic carbocycles. The Morgan fingerprint density at radius 2 is 1.35 bits per heavy atom. The van der Waals surface area contributed by atoms with Crippen LogP contribution in [0.25, 0.3) is 0 Å². The van der Waals surface area contributed by atoms with Gasteiger partial charge >= 0.3 is 0 Å². The van der Waals surface area contributed by atoms with Crippen LogP contribution in [0.2, 0.25) is 0 Å². The van der Waals surface area contributed by atoms with Crippen molar-refractivity contribution in [3.63, 3.8) is 0 Å². The largest absolute Gasteiger partial charge is 0.0991 e. The summed E-state index contributed by atoms with van der Waals surface area (Å²) >= 11 is 0. The van der Waals surface area contributed by atoms with Gasteiger partial charge in [0, 0.05) is 0 Å². The van der Waals surface area contributed by atoms with E-state index in [9.17, 15) is 0 Å². The molecule has 0 amide bonds. The van der Waals surface area contributed by atoms with E-state index in [0.717, 1.165) is 23.7 Å². The molecule has 0 unspecified atom stereocenters. The van der Waals surface area contributed by atoms with Crippen molar-refractivity contribution in [1.29, 1.82) is 0 Å². The molecular weight excluding hydrogens is 276 g/mol. The van der Waals surface area contributed by atoms with E-state index < -0.39 is 0 Å². The van der Waals surface area contributed by atoms with Gasteiger partial charge in [0.1, 0.15) is 0 Å². The predicted molar refractivity (Wildman–Crippen MR) is 104 cm³/mol. The normalized spacial score (nSPS) is 32.2. The van der Waals surface area contributed by atoms with Crippen LogP contribution in [0.4, 0.5) is 0 Å². The second-order valence-electron chi connectivity index (χ2n) is 8.30. The highest BCUT2D eigenvalue weighted by Crippen LogP contribution is 2.43. The lowest BCUT2D eigenvalue weighted by atomic mass is 9.68. The molecule has 2 saturated carbocycles. The molecule has 2 rings (SSSR count). The van der Waals surface area contributed by atoms with Crippen LogP contribution in [0.15, 0.2) is 24.8 Å². The molecule has 2 aliphatic rings. The summed E-state index contributed by atoms with van der Waals surface area (Å²) in [5.41, 5.74) is 0. The summed E-state index contributed by atoms with van der Waals surface area (Å²) in [5.74, 6) is 4.24. The van der Waals surface area contributed by atoms with Gasteiger partial charge in [0.25, 0.3) is 0 Å². The quantitative estimate of drug-likeness (QED) is 0.302. The molecule has 0 aromatic rings. The van der Waals surface area contributed by atoms with Gasteiger partial charge in [-0.2, -0.15) is 0 Å². The van der Waals surface area contributed by atoms with Crippen LogP contribution in [0, 0.1) is 23.7 Å². The van der Waals surface area contributed by atoms with Crippen LogP contribution in [-0.2, 0) is 0 Å². The molecule has 0 saturated heterocycles. The van der Waals surface area contributed by atoms with Gasteiger partial charge < -0.3 is 0 Å². The molecule has 132 valence electrons. The van der Waals surface area contributed by atoms with Gasteiger partial charge in [0.2, 0.25) is 0 Å². The second-order valence-corrected chi connectivity index (χ2v) is 8.30. The third-order valence-electron chi connectivity index (χ3n) is 6.68. The van der Waals surface area contributed by atoms with Gasteiger partial charge in [-0.15, -0.1) is 0 Å². The minimum Gasteiger partial charge on any atom is -0.0991 e. The third kappa shape index (κ3) is 6.86. The first-order valence-electron chi connectivity index (χ1n) is 10.6. The third-order valence-corrected chi connectivity index (χ3v) is 6.68. The zero-order valence-corrected chi connectivity index (χ0v) is 15.6. The van der Waals surface area contributed by atoms with Crippen molar-refractivity contribution >= 4 is 0 Å². The Labute approximate surface area is 145 Å². The van der Waals surface area contributed by atoms with E-state index >= 15 is 0 Å². The Balaban J connectivity index is 1.59. The lowest BCUT2D eigenvalue weighted by molar-refractivity contribution is 0.140. The zero-order valence-electron chi connectivity index (χ0n) is 15.6. The summed E-state index contributed by atoms with van der Waals surface area (Å²) in [4.78, 5) is 0. The molecule has 23 heavy (non-hydrogen) atoms. The van der Waals surface area contributed by atoms with Crippen LogP contribution in [0.1, 0.15) is 96.8 Å². The molecule has 0 heteroatoms. The molecule has 0 N–H and O–H groups in total. The van der Waals surface area contributed by atoms with Crippen LogP contribution >= 0.6 is 0 Å². The first-order chi connectivity index (χ1) is 11.3. The molecule has 2 fully saturated rings. The number of hydrogen-bond donors (Lipinski definition) is 0. The van der Waals surface area contributed by atoms with E-state index in [1.165, 1.54) is 64.2 Å². The minimum absolute atomic E-state index is 1.01. The van der Waals surface area contributed by atoms with Crippen LogP contribution in [0.3, 0.4) is 0 Å². The Morgan fingerprint density at radius 3 is 1.87 bits per heavy atom. The SMILES string of the molecule is C=CC=CCCC1CCC(C2CCC(CCCCC)CC2)CC1. The van der Waals surface area contributed by atoms with E-state index in [2.05, 4.69) is 25.7 Å². The Bertz CT molecular complexity index is 324. The summed E-state index contributed by atoms with van der Waals surface area (Å²) in [6.07, 6.45) is 27.0. The second kappa shape index (κ2) is 11.1. The predicted octanol–water partition coefficient (Wildman–Crippen LogP) is 7.70. The van der Waals surface area contributed by atoms with Gasteiger partial charge in [-0.1, -0.05) is 83.1 Å². The maximum absolute atomic E-state index is 3.75. The number of allylic oxidation sites excluding steroid dienone is 3. The summed E-state index contributed by atoms with van der Waals surface area (Å²) in [7, 11) is 0. The summed E-state index contributed by atoms with van der Waals surface area (Å²) in [5, 5.41) is 0. The van der Waals surface area contributed by atoms with Crippen LogP contribution in [0.5, 0.6) is 0 Å². The first-order valence-corrected chi connectivity index (χ1v) is 10.6. The van der Waals surface area contributed by atoms with Gasteiger partial charge in [0.15, 0.2) is 0 Å². The molecule has 0 radical (unpaired) electrons. The van der Waals surface area contributed by atoms with Crippen molar-refractivity contribution in [3.8, 4) is 0 Å².